The highest BCUT2D eigenvalue weighted by atomic mass is 32.2. The summed E-state index contributed by atoms with van der Waals surface area (Å²) in [5, 5.41) is 0.937. The van der Waals surface area contributed by atoms with Gasteiger partial charge in [0.25, 0.3) is 0 Å². The van der Waals surface area contributed by atoms with Gasteiger partial charge in [-0.2, -0.15) is 0 Å². The zero-order valence-electron chi connectivity index (χ0n) is 17.9. The highest BCUT2D eigenvalue weighted by molar-refractivity contribution is 7.99. The fourth-order valence-electron chi connectivity index (χ4n) is 3.31. The highest BCUT2D eigenvalue weighted by Gasteiger charge is 2.14. The third-order valence-corrected chi connectivity index (χ3v) is 5.88. The van der Waals surface area contributed by atoms with Crippen LogP contribution in [-0.2, 0) is 0 Å². The highest BCUT2D eigenvalue weighted by Crippen LogP contribution is 2.32. The fraction of sp³-hybridized carbons (Fsp3) is 0.192. The fourth-order valence-corrected chi connectivity index (χ4v) is 4.09. The Kier molecular flexibility index (Phi) is 6.95. The van der Waals surface area contributed by atoms with Crippen molar-refractivity contribution in [1.82, 2.24) is 9.97 Å². The molecule has 3 aromatic carbocycles. The van der Waals surface area contributed by atoms with E-state index < -0.39 is 0 Å². The molecule has 0 aliphatic rings. The molecule has 1 heterocycles. The number of anilines is 1. The minimum absolute atomic E-state index is 0.682. The van der Waals surface area contributed by atoms with E-state index in [9.17, 15) is 0 Å². The van der Waals surface area contributed by atoms with Crippen molar-refractivity contribution in [2.45, 2.75) is 11.6 Å². The molecule has 1 N–H and O–H groups in total. The monoisotopic (exact) mass is 429 g/mol. The quantitative estimate of drug-likeness (QED) is 0.248. The van der Waals surface area contributed by atoms with E-state index in [2.05, 4.69) is 58.4 Å². The summed E-state index contributed by atoms with van der Waals surface area (Å²) in [6.07, 6.45) is 0.943. The van der Waals surface area contributed by atoms with E-state index in [1.165, 1.54) is 0 Å². The van der Waals surface area contributed by atoms with E-state index >= 15 is 0 Å². The standard InChI is InChI=1S/C26H27N3OS/c1-29(2)22-15-9-16-23(19-22)30-17-10-18-31-26-27-24(20-11-5-3-6-12-20)25(28-26)21-13-7-4-8-14-21/h3-9,11-16,19H,10,17-18H2,1-2H3,(H,27,28). The number of H-pyrrole nitrogens is 1. The molecule has 0 fully saturated rings. The van der Waals surface area contributed by atoms with Crippen LogP contribution in [0.15, 0.2) is 90.1 Å². The lowest BCUT2D eigenvalue weighted by Gasteiger charge is -2.14. The van der Waals surface area contributed by atoms with Crippen LogP contribution in [0.4, 0.5) is 5.69 Å². The molecule has 4 nitrogen and oxygen atoms in total. The van der Waals surface area contributed by atoms with Crippen LogP contribution in [0.25, 0.3) is 22.5 Å². The van der Waals surface area contributed by atoms with Crippen molar-refractivity contribution in [3.8, 4) is 28.3 Å². The third kappa shape index (κ3) is 5.50. The molecule has 4 rings (SSSR count). The van der Waals surface area contributed by atoms with Crippen LogP contribution in [0, 0.1) is 0 Å². The Balaban J connectivity index is 1.39. The molecule has 158 valence electrons. The molecule has 5 heteroatoms. The van der Waals surface area contributed by atoms with Crippen molar-refractivity contribution >= 4 is 17.4 Å². The van der Waals surface area contributed by atoms with Gasteiger partial charge < -0.3 is 14.6 Å². The van der Waals surface area contributed by atoms with E-state index in [4.69, 9.17) is 9.72 Å². The number of hydrogen-bond donors (Lipinski definition) is 1. The number of benzene rings is 3. The molecule has 0 aliphatic heterocycles. The number of aromatic nitrogens is 2. The van der Waals surface area contributed by atoms with Crippen molar-refractivity contribution in [3.05, 3.63) is 84.9 Å². The van der Waals surface area contributed by atoms with Gasteiger partial charge in [-0.25, -0.2) is 4.98 Å². The second-order valence-corrected chi connectivity index (χ2v) is 8.52. The van der Waals surface area contributed by atoms with Crippen LogP contribution < -0.4 is 9.64 Å². The summed E-state index contributed by atoms with van der Waals surface area (Å²) in [7, 11) is 4.07. The van der Waals surface area contributed by atoms with Crippen molar-refractivity contribution in [1.29, 1.82) is 0 Å². The van der Waals surface area contributed by atoms with Gasteiger partial charge in [-0.3, -0.25) is 0 Å². The van der Waals surface area contributed by atoms with Gasteiger partial charge in [-0.05, 0) is 18.6 Å². The maximum absolute atomic E-state index is 5.93. The molecule has 0 saturated heterocycles. The molecule has 0 aliphatic carbocycles. The van der Waals surface area contributed by atoms with Crippen LogP contribution in [-0.4, -0.2) is 36.4 Å². The lowest BCUT2D eigenvalue weighted by atomic mass is 10.1. The molecular weight excluding hydrogens is 402 g/mol. The molecular formula is C26H27N3OS. The Morgan fingerprint density at radius 1 is 0.871 bits per heavy atom. The summed E-state index contributed by atoms with van der Waals surface area (Å²) in [5.74, 6) is 1.84. The van der Waals surface area contributed by atoms with Gasteiger partial charge in [-0.1, -0.05) is 78.5 Å². The summed E-state index contributed by atoms with van der Waals surface area (Å²) < 4.78 is 5.93. The predicted molar refractivity (Wildman–Crippen MR) is 131 cm³/mol. The van der Waals surface area contributed by atoms with Crippen LogP contribution in [0.1, 0.15) is 6.42 Å². The van der Waals surface area contributed by atoms with E-state index in [0.29, 0.717) is 6.61 Å². The average molecular weight is 430 g/mol. The van der Waals surface area contributed by atoms with E-state index in [1.54, 1.807) is 11.8 Å². The first-order valence-corrected chi connectivity index (χ1v) is 11.4. The number of imidazole rings is 1. The Labute approximate surface area is 188 Å². The Morgan fingerprint density at radius 2 is 1.58 bits per heavy atom. The topological polar surface area (TPSA) is 41.1 Å². The Hall–Kier alpha value is -3.18. The van der Waals surface area contributed by atoms with Crippen LogP contribution in [0.2, 0.25) is 0 Å². The molecule has 0 atom stereocenters. The predicted octanol–water partition coefficient (Wildman–Crippen LogP) is 6.37. The zero-order valence-corrected chi connectivity index (χ0v) is 18.7. The van der Waals surface area contributed by atoms with E-state index in [0.717, 1.165) is 51.3 Å². The first kappa shape index (κ1) is 21.1. The molecule has 31 heavy (non-hydrogen) atoms. The summed E-state index contributed by atoms with van der Waals surface area (Å²) in [5.41, 5.74) is 5.46. The summed E-state index contributed by atoms with van der Waals surface area (Å²) in [6, 6.07) is 28.9. The molecule has 4 aromatic rings. The van der Waals surface area contributed by atoms with Crippen LogP contribution in [0.5, 0.6) is 5.75 Å². The van der Waals surface area contributed by atoms with Crippen molar-refractivity contribution in [3.63, 3.8) is 0 Å². The summed E-state index contributed by atoms with van der Waals surface area (Å²) in [6.45, 7) is 0.682. The van der Waals surface area contributed by atoms with Gasteiger partial charge >= 0.3 is 0 Å². The average Bonchev–Trinajstić information content (AvgIpc) is 3.24. The Morgan fingerprint density at radius 3 is 2.29 bits per heavy atom. The van der Waals surface area contributed by atoms with Gasteiger partial charge in [0.1, 0.15) is 5.75 Å². The SMILES string of the molecule is CN(C)c1cccc(OCCCSc2nc(-c3ccccc3)c(-c3ccccc3)[nH]2)c1. The van der Waals surface area contributed by atoms with Crippen molar-refractivity contribution < 1.29 is 4.74 Å². The van der Waals surface area contributed by atoms with Gasteiger partial charge in [-0.15, -0.1) is 0 Å². The molecule has 0 unspecified atom stereocenters. The molecule has 0 radical (unpaired) electrons. The van der Waals surface area contributed by atoms with Gasteiger partial charge in [0.05, 0.1) is 18.0 Å². The normalized spacial score (nSPS) is 10.8. The van der Waals surface area contributed by atoms with Gasteiger partial charge in [0, 0.05) is 42.7 Å². The Bertz CT molecular complexity index is 1040. The molecule has 0 bridgehead atoms. The number of rotatable bonds is 9. The minimum atomic E-state index is 0.682. The molecule has 1 aromatic heterocycles. The molecule has 0 amide bonds. The van der Waals surface area contributed by atoms with Crippen molar-refractivity contribution in [2.75, 3.05) is 31.4 Å². The van der Waals surface area contributed by atoms with Crippen LogP contribution >= 0.6 is 11.8 Å². The second-order valence-electron chi connectivity index (χ2n) is 7.44. The summed E-state index contributed by atoms with van der Waals surface area (Å²) >= 11 is 1.73. The van der Waals surface area contributed by atoms with Crippen LogP contribution in [0.3, 0.4) is 0 Å². The minimum Gasteiger partial charge on any atom is -0.493 e. The first-order valence-electron chi connectivity index (χ1n) is 10.4. The maximum Gasteiger partial charge on any atom is 0.166 e. The zero-order chi connectivity index (χ0) is 21.5. The molecule has 0 saturated carbocycles. The van der Waals surface area contributed by atoms with E-state index in [-0.39, 0.29) is 0 Å². The van der Waals surface area contributed by atoms with E-state index in [1.807, 2.05) is 50.5 Å². The lowest BCUT2D eigenvalue weighted by Crippen LogP contribution is -2.08. The smallest absolute Gasteiger partial charge is 0.166 e. The summed E-state index contributed by atoms with van der Waals surface area (Å²) in [4.78, 5) is 10.5. The number of thioether (sulfide) groups is 1. The number of nitrogens with zero attached hydrogens (tertiary/aromatic N) is 2. The van der Waals surface area contributed by atoms with Gasteiger partial charge in [0.15, 0.2) is 5.16 Å². The number of hydrogen-bond acceptors (Lipinski definition) is 4. The first-order chi connectivity index (χ1) is 15.2. The number of aromatic amines is 1. The largest absolute Gasteiger partial charge is 0.493 e. The lowest BCUT2D eigenvalue weighted by molar-refractivity contribution is 0.319. The second kappa shape index (κ2) is 10.2. The molecule has 0 spiro atoms. The van der Waals surface area contributed by atoms with Gasteiger partial charge in [0.2, 0.25) is 0 Å². The van der Waals surface area contributed by atoms with Crippen molar-refractivity contribution in [2.24, 2.45) is 0 Å². The number of ether oxygens (including phenoxy) is 1. The number of nitrogens with one attached hydrogen (secondary N) is 1. The third-order valence-electron chi connectivity index (χ3n) is 4.92. The maximum atomic E-state index is 5.93.